The van der Waals surface area contributed by atoms with Gasteiger partial charge in [-0.05, 0) is 25.0 Å². The lowest BCUT2D eigenvalue weighted by Crippen LogP contribution is -2.38. The van der Waals surface area contributed by atoms with E-state index in [1.807, 2.05) is 29.2 Å². The van der Waals surface area contributed by atoms with E-state index in [4.69, 9.17) is 11.6 Å². The summed E-state index contributed by atoms with van der Waals surface area (Å²) in [5, 5.41) is 14.4. The topological polar surface area (TPSA) is 111 Å². The van der Waals surface area contributed by atoms with Gasteiger partial charge in [-0.15, -0.1) is 0 Å². The van der Waals surface area contributed by atoms with Gasteiger partial charge in [-0.2, -0.15) is 10.2 Å². The summed E-state index contributed by atoms with van der Waals surface area (Å²) in [5.74, 6) is 0.942. The molecule has 3 heterocycles. The van der Waals surface area contributed by atoms with Crippen molar-refractivity contribution < 1.29 is 4.79 Å². The van der Waals surface area contributed by atoms with Crippen LogP contribution in [0, 0.1) is 0 Å². The van der Waals surface area contributed by atoms with Gasteiger partial charge >= 0.3 is 5.69 Å². The second-order valence-electron chi connectivity index (χ2n) is 6.97. The van der Waals surface area contributed by atoms with Gasteiger partial charge in [0.15, 0.2) is 0 Å². The Balaban J connectivity index is 1.32. The molecule has 0 aliphatic carbocycles. The third-order valence-corrected chi connectivity index (χ3v) is 5.49. The second-order valence-corrected chi connectivity index (χ2v) is 7.38. The number of halogens is 1. The van der Waals surface area contributed by atoms with Gasteiger partial charge in [0, 0.05) is 43.1 Å². The molecule has 1 saturated heterocycles. The highest BCUT2D eigenvalue weighted by Gasteiger charge is 2.25. The standard InChI is InChI=1S/C19H21ClN6O2/c20-14-4-2-1-3-13(14)16-11-15(22-23-16)12-7-9-26(10-8-12)18(27)6-5-17-21-19(28)25-24-17/h1-4,11-12H,5-10H2,(H,22,23)(H2,21,24,25,28). The van der Waals surface area contributed by atoms with Crippen LogP contribution in [0.1, 0.15) is 36.7 Å². The molecule has 1 amide bonds. The lowest BCUT2D eigenvalue weighted by molar-refractivity contribution is -0.132. The summed E-state index contributed by atoms with van der Waals surface area (Å²) in [4.78, 5) is 27.9. The summed E-state index contributed by atoms with van der Waals surface area (Å²) in [5.41, 5.74) is 2.48. The first-order valence-corrected chi connectivity index (χ1v) is 9.69. The molecule has 1 fully saturated rings. The first-order valence-electron chi connectivity index (χ1n) is 9.31. The number of aromatic nitrogens is 5. The lowest BCUT2D eigenvalue weighted by Gasteiger charge is -2.31. The van der Waals surface area contributed by atoms with Crippen LogP contribution in [-0.4, -0.2) is 49.3 Å². The van der Waals surface area contributed by atoms with Gasteiger partial charge in [0.2, 0.25) is 5.91 Å². The van der Waals surface area contributed by atoms with Gasteiger partial charge in [-0.3, -0.25) is 14.9 Å². The zero-order valence-corrected chi connectivity index (χ0v) is 16.0. The number of carbonyl (C=O) groups is 1. The SMILES string of the molecule is O=C(CCc1n[nH]c(=O)[nH]1)N1CCC(c2cc(-c3ccccc3Cl)n[nH]2)CC1. The van der Waals surface area contributed by atoms with Crippen molar-refractivity contribution in [1.82, 2.24) is 30.3 Å². The molecule has 146 valence electrons. The van der Waals surface area contributed by atoms with Crippen LogP contribution in [-0.2, 0) is 11.2 Å². The Hall–Kier alpha value is -2.87. The number of aryl methyl sites for hydroxylation is 1. The number of piperidine rings is 1. The molecule has 4 rings (SSSR count). The summed E-state index contributed by atoms with van der Waals surface area (Å²) in [6, 6.07) is 9.70. The maximum atomic E-state index is 12.4. The predicted molar refractivity (Wildman–Crippen MR) is 105 cm³/mol. The number of benzene rings is 1. The van der Waals surface area contributed by atoms with E-state index in [1.165, 1.54) is 0 Å². The van der Waals surface area contributed by atoms with Crippen LogP contribution >= 0.6 is 11.6 Å². The summed E-state index contributed by atoms with van der Waals surface area (Å²) >= 11 is 6.26. The number of hydrogen-bond donors (Lipinski definition) is 3. The molecule has 28 heavy (non-hydrogen) atoms. The van der Waals surface area contributed by atoms with Gasteiger partial charge in [0.25, 0.3) is 0 Å². The van der Waals surface area contributed by atoms with E-state index in [1.54, 1.807) is 0 Å². The Bertz CT molecular complexity index is 1020. The normalized spacial score (nSPS) is 15.1. The van der Waals surface area contributed by atoms with Crippen LogP contribution in [0.2, 0.25) is 5.02 Å². The highest BCUT2D eigenvalue weighted by molar-refractivity contribution is 6.33. The number of rotatable bonds is 5. The van der Waals surface area contributed by atoms with Crippen molar-refractivity contribution in [2.24, 2.45) is 0 Å². The van der Waals surface area contributed by atoms with Crippen molar-refractivity contribution in [2.45, 2.75) is 31.6 Å². The predicted octanol–water partition coefficient (Wildman–Crippen LogP) is 2.48. The maximum Gasteiger partial charge on any atom is 0.340 e. The van der Waals surface area contributed by atoms with E-state index in [2.05, 4.69) is 31.4 Å². The highest BCUT2D eigenvalue weighted by atomic mass is 35.5. The lowest BCUT2D eigenvalue weighted by atomic mass is 9.93. The van der Waals surface area contributed by atoms with E-state index in [0.717, 1.165) is 29.8 Å². The number of aromatic amines is 3. The number of H-pyrrole nitrogens is 3. The molecule has 0 saturated carbocycles. The first-order chi connectivity index (χ1) is 13.6. The van der Waals surface area contributed by atoms with Crippen molar-refractivity contribution in [1.29, 1.82) is 0 Å². The Kier molecular flexibility index (Phi) is 5.29. The number of likely N-dealkylation sites (tertiary alicyclic amines) is 1. The number of carbonyl (C=O) groups excluding carboxylic acids is 1. The fraction of sp³-hybridized carbons (Fsp3) is 0.368. The van der Waals surface area contributed by atoms with Crippen molar-refractivity contribution in [3.05, 3.63) is 57.4 Å². The third kappa shape index (κ3) is 4.01. The van der Waals surface area contributed by atoms with Crippen LogP contribution in [0.5, 0.6) is 0 Å². The first kappa shape index (κ1) is 18.5. The fourth-order valence-electron chi connectivity index (χ4n) is 3.60. The summed E-state index contributed by atoms with van der Waals surface area (Å²) < 4.78 is 0. The van der Waals surface area contributed by atoms with Crippen LogP contribution < -0.4 is 5.69 Å². The molecule has 3 aromatic rings. The molecular formula is C19H21ClN6O2. The summed E-state index contributed by atoms with van der Waals surface area (Å²) in [6.45, 7) is 1.42. The second kappa shape index (κ2) is 8.02. The Morgan fingerprint density at radius 3 is 2.68 bits per heavy atom. The van der Waals surface area contributed by atoms with Gasteiger partial charge < -0.3 is 4.90 Å². The van der Waals surface area contributed by atoms with Gasteiger partial charge in [-0.25, -0.2) is 9.89 Å². The zero-order chi connectivity index (χ0) is 19.5. The maximum absolute atomic E-state index is 12.4. The average molecular weight is 401 g/mol. The van der Waals surface area contributed by atoms with Crippen LogP contribution in [0.15, 0.2) is 35.1 Å². The number of hydrogen-bond acceptors (Lipinski definition) is 4. The van der Waals surface area contributed by atoms with Crippen LogP contribution in [0.3, 0.4) is 0 Å². The smallest absolute Gasteiger partial charge is 0.340 e. The van der Waals surface area contributed by atoms with Crippen molar-refractivity contribution in [3.8, 4) is 11.3 Å². The van der Waals surface area contributed by atoms with E-state index < -0.39 is 0 Å². The van der Waals surface area contributed by atoms with Crippen molar-refractivity contribution in [3.63, 3.8) is 0 Å². The minimum atomic E-state index is -0.348. The quantitative estimate of drug-likeness (QED) is 0.610. The fourth-order valence-corrected chi connectivity index (χ4v) is 3.83. The van der Waals surface area contributed by atoms with Gasteiger partial charge in [-0.1, -0.05) is 29.8 Å². The molecule has 0 bridgehead atoms. The van der Waals surface area contributed by atoms with E-state index in [-0.39, 0.29) is 11.6 Å². The van der Waals surface area contributed by atoms with E-state index in [0.29, 0.717) is 42.7 Å². The van der Waals surface area contributed by atoms with E-state index >= 15 is 0 Å². The van der Waals surface area contributed by atoms with Crippen LogP contribution in [0.4, 0.5) is 0 Å². The Morgan fingerprint density at radius 2 is 1.96 bits per heavy atom. The Morgan fingerprint density at radius 1 is 1.18 bits per heavy atom. The van der Waals surface area contributed by atoms with Gasteiger partial charge in [0.05, 0.1) is 10.7 Å². The molecular weight excluding hydrogens is 380 g/mol. The molecule has 2 aromatic heterocycles. The minimum absolute atomic E-state index is 0.0867. The van der Waals surface area contributed by atoms with E-state index in [9.17, 15) is 9.59 Å². The molecule has 9 heteroatoms. The molecule has 8 nitrogen and oxygen atoms in total. The van der Waals surface area contributed by atoms with Crippen molar-refractivity contribution in [2.75, 3.05) is 13.1 Å². The monoisotopic (exact) mass is 400 g/mol. The van der Waals surface area contributed by atoms with Crippen LogP contribution in [0.25, 0.3) is 11.3 Å². The van der Waals surface area contributed by atoms with Gasteiger partial charge in [0.1, 0.15) is 5.82 Å². The summed E-state index contributed by atoms with van der Waals surface area (Å²) in [6.07, 6.45) is 2.54. The molecule has 0 atom stereocenters. The molecule has 1 aliphatic heterocycles. The number of nitrogens with one attached hydrogen (secondary N) is 3. The number of amides is 1. The zero-order valence-electron chi connectivity index (χ0n) is 15.2. The molecule has 0 unspecified atom stereocenters. The molecule has 0 radical (unpaired) electrons. The largest absolute Gasteiger partial charge is 0.343 e. The minimum Gasteiger partial charge on any atom is -0.343 e. The number of nitrogens with zero attached hydrogens (tertiary/aromatic N) is 3. The molecule has 0 spiro atoms. The Labute approximate surface area is 166 Å². The van der Waals surface area contributed by atoms with Crippen molar-refractivity contribution >= 4 is 17.5 Å². The molecule has 3 N–H and O–H groups in total. The third-order valence-electron chi connectivity index (χ3n) is 5.16. The molecule has 1 aliphatic rings. The highest BCUT2D eigenvalue weighted by Crippen LogP contribution is 2.31. The summed E-state index contributed by atoms with van der Waals surface area (Å²) in [7, 11) is 0. The average Bonchev–Trinajstić information content (AvgIpc) is 3.36. The molecule has 1 aromatic carbocycles.